The third-order valence-electron chi connectivity index (χ3n) is 1.11. The van der Waals surface area contributed by atoms with Crippen LogP contribution in [0.1, 0.15) is 0 Å². The molecule has 0 aliphatic rings. The van der Waals surface area contributed by atoms with Gasteiger partial charge in [-0.3, -0.25) is 8.42 Å². The molecule has 0 aromatic carbocycles. The Kier molecular flexibility index (Phi) is 8.74. The predicted molar refractivity (Wildman–Crippen MR) is 32.5 cm³/mol. The first-order chi connectivity index (χ1) is 7.75. The summed E-state index contributed by atoms with van der Waals surface area (Å²) >= 11 is 0. The number of alkyl halides is 10. The van der Waals surface area contributed by atoms with Crippen LogP contribution < -0.4 is 29.6 Å². The summed E-state index contributed by atoms with van der Waals surface area (Å²) in [5.74, 6) is -14.3. The van der Waals surface area contributed by atoms with Crippen molar-refractivity contribution in [2.45, 2.75) is 24.2 Å². The van der Waals surface area contributed by atoms with Gasteiger partial charge in [0.25, 0.3) is 0 Å². The third-order valence-corrected chi connectivity index (χ3v) is 1.11. The Hall–Kier alpha value is 0.170. The largest absolute Gasteiger partial charge is 1.00 e. The van der Waals surface area contributed by atoms with Gasteiger partial charge in [0.2, 0.25) is 0 Å². The van der Waals surface area contributed by atoms with E-state index in [-0.39, 0.29) is 29.6 Å². The molecule has 0 saturated carbocycles. The minimum Gasteiger partial charge on any atom is -0.759 e. The van der Waals surface area contributed by atoms with Crippen LogP contribution in [0.2, 0.25) is 0 Å². The SMILES string of the molecule is FC(F)(F)C(F)(F)C(F)(F)C(F)(F)F.O=S(=O)([O-])[O-].[Na+]. The first-order valence-corrected chi connectivity index (χ1v) is 4.64. The van der Waals surface area contributed by atoms with E-state index in [9.17, 15) is 43.9 Å². The molecule has 0 aromatic heterocycles. The van der Waals surface area contributed by atoms with Crippen molar-refractivity contribution >= 4 is 10.4 Å². The fourth-order valence-corrected chi connectivity index (χ4v) is 0.356. The molecule has 0 aliphatic heterocycles. The van der Waals surface area contributed by atoms with Gasteiger partial charge in [-0.2, -0.15) is 43.9 Å². The van der Waals surface area contributed by atoms with Crippen LogP contribution in [0.3, 0.4) is 0 Å². The van der Waals surface area contributed by atoms with Gasteiger partial charge in [0, 0.05) is 10.4 Å². The molecular formula is C4F10NaO4S-. The van der Waals surface area contributed by atoms with Crippen LogP contribution in [0.5, 0.6) is 0 Å². The van der Waals surface area contributed by atoms with Crippen LogP contribution in [0.15, 0.2) is 0 Å². The van der Waals surface area contributed by atoms with Crippen molar-refractivity contribution in [2.75, 3.05) is 0 Å². The molecule has 0 N–H and O–H groups in total. The fraction of sp³-hybridized carbons (Fsp3) is 1.00. The van der Waals surface area contributed by atoms with Gasteiger partial charge < -0.3 is 9.11 Å². The van der Waals surface area contributed by atoms with Crippen LogP contribution in [-0.2, 0) is 10.4 Å². The van der Waals surface area contributed by atoms with Crippen molar-refractivity contribution in [2.24, 2.45) is 0 Å². The molecule has 118 valence electrons. The maximum Gasteiger partial charge on any atom is 1.00 e. The van der Waals surface area contributed by atoms with Gasteiger partial charge in [-0.15, -0.1) is 0 Å². The quantitative estimate of drug-likeness (QED) is 0.262. The zero-order chi connectivity index (χ0) is 16.5. The van der Waals surface area contributed by atoms with Crippen LogP contribution >= 0.6 is 0 Å². The van der Waals surface area contributed by atoms with E-state index >= 15 is 0 Å². The molecule has 0 radical (unpaired) electrons. The molecule has 0 spiro atoms. The molecule has 0 heterocycles. The molecule has 0 aromatic rings. The second kappa shape index (κ2) is 6.95. The number of hydrogen-bond acceptors (Lipinski definition) is 4. The minimum atomic E-state index is -7.14. The average molecular weight is 357 g/mol. The van der Waals surface area contributed by atoms with Crippen molar-refractivity contribution in [3.63, 3.8) is 0 Å². The van der Waals surface area contributed by atoms with Crippen LogP contribution in [0, 0.1) is 0 Å². The molecule has 0 unspecified atom stereocenters. The summed E-state index contributed by atoms with van der Waals surface area (Å²) in [4.78, 5) is 0. The molecule has 16 heteroatoms. The van der Waals surface area contributed by atoms with E-state index < -0.39 is 34.6 Å². The maximum absolute atomic E-state index is 11.6. The monoisotopic (exact) mass is 357 g/mol. The predicted octanol–water partition coefficient (Wildman–Crippen LogP) is -0.952. The Morgan fingerprint density at radius 3 is 0.750 bits per heavy atom. The van der Waals surface area contributed by atoms with Crippen molar-refractivity contribution in [1.82, 2.24) is 0 Å². The van der Waals surface area contributed by atoms with E-state index in [1.54, 1.807) is 0 Å². The van der Waals surface area contributed by atoms with E-state index in [1.807, 2.05) is 0 Å². The minimum absolute atomic E-state index is 0. The topological polar surface area (TPSA) is 80.3 Å². The maximum atomic E-state index is 11.6. The van der Waals surface area contributed by atoms with Crippen molar-refractivity contribution < 1.29 is 91.0 Å². The fourth-order valence-electron chi connectivity index (χ4n) is 0.356. The Balaban J connectivity index is -0.000000414. The smallest absolute Gasteiger partial charge is 0.759 e. The Morgan fingerprint density at radius 1 is 0.600 bits per heavy atom. The van der Waals surface area contributed by atoms with Crippen LogP contribution in [-0.4, -0.2) is 41.7 Å². The summed E-state index contributed by atoms with van der Waals surface area (Å²) < 4.78 is 147. The van der Waals surface area contributed by atoms with Crippen molar-refractivity contribution in [3.8, 4) is 0 Å². The van der Waals surface area contributed by atoms with E-state index in [0.717, 1.165) is 0 Å². The number of halogens is 10. The molecule has 20 heavy (non-hydrogen) atoms. The number of hydrogen-bond donors (Lipinski definition) is 0. The first-order valence-electron chi connectivity index (χ1n) is 3.31. The zero-order valence-electron chi connectivity index (χ0n) is 8.82. The molecule has 0 rings (SSSR count). The van der Waals surface area contributed by atoms with Crippen molar-refractivity contribution in [3.05, 3.63) is 0 Å². The van der Waals surface area contributed by atoms with Crippen LogP contribution in [0.4, 0.5) is 43.9 Å². The van der Waals surface area contributed by atoms with Gasteiger partial charge in [0.15, 0.2) is 0 Å². The van der Waals surface area contributed by atoms with Crippen LogP contribution in [0.25, 0.3) is 0 Å². The summed E-state index contributed by atoms with van der Waals surface area (Å²) in [7, 11) is -5.17. The van der Waals surface area contributed by atoms with Gasteiger partial charge in [0.05, 0.1) is 0 Å². The Labute approximate surface area is 126 Å². The normalized spacial score (nSPS) is 14.0. The first kappa shape index (κ1) is 25.1. The van der Waals surface area contributed by atoms with Gasteiger partial charge in [0.1, 0.15) is 0 Å². The van der Waals surface area contributed by atoms with Gasteiger partial charge in [-0.25, -0.2) is 0 Å². The molecule has 4 nitrogen and oxygen atoms in total. The molecule has 0 atom stereocenters. The second-order valence-corrected chi connectivity index (χ2v) is 3.37. The average Bonchev–Trinajstić information content (AvgIpc) is 1.95. The number of rotatable bonds is 1. The summed E-state index contributed by atoms with van der Waals surface area (Å²) in [5.41, 5.74) is 0. The summed E-state index contributed by atoms with van der Waals surface area (Å²) in [6, 6.07) is 0. The second-order valence-electron chi connectivity index (χ2n) is 2.55. The van der Waals surface area contributed by atoms with Gasteiger partial charge in [-0.05, 0) is 0 Å². The standard InChI is InChI=1S/C4F10.Na.H2O4S/c5-1(6,3(9,10)11)2(7,8)4(12,13)14;;1-5(2,3)4/h;;(H2,1,2,3,4)/q;+1;/p-2. The molecule has 0 fully saturated rings. The van der Waals surface area contributed by atoms with E-state index in [0.29, 0.717) is 0 Å². The summed E-state index contributed by atoms with van der Waals surface area (Å²) in [5, 5.41) is 0. The third kappa shape index (κ3) is 7.26. The molecular weight excluding hydrogens is 357 g/mol. The van der Waals surface area contributed by atoms with E-state index in [1.165, 1.54) is 0 Å². The van der Waals surface area contributed by atoms with E-state index in [4.69, 9.17) is 17.5 Å². The molecule has 0 amide bonds. The molecule has 0 bridgehead atoms. The Bertz CT molecular complexity index is 364. The Morgan fingerprint density at radius 2 is 0.700 bits per heavy atom. The van der Waals surface area contributed by atoms with Crippen molar-refractivity contribution in [1.29, 1.82) is 0 Å². The summed E-state index contributed by atoms with van der Waals surface area (Å²) in [6.45, 7) is 0. The van der Waals surface area contributed by atoms with E-state index in [2.05, 4.69) is 0 Å². The summed E-state index contributed by atoms with van der Waals surface area (Å²) in [6.07, 6.45) is -13.9. The zero-order valence-corrected chi connectivity index (χ0v) is 11.6. The van der Waals surface area contributed by atoms with Gasteiger partial charge >= 0.3 is 53.8 Å². The molecule has 0 aliphatic carbocycles. The van der Waals surface area contributed by atoms with Gasteiger partial charge in [-0.1, -0.05) is 0 Å². The molecule has 0 saturated heterocycles.